The van der Waals surface area contributed by atoms with Crippen LogP contribution in [0, 0.1) is 0 Å². The number of fused-ring (bicyclic) bond motifs is 1. The summed E-state index contributed by atoms with van der Waals surface area (Å²) in [5, 5.41) is 1.04. The molecule has 0 aliphatic carbocycles. The molecule has 0 saturated carbocycles. The monoisotopic (exact) mass is 362 g/mol. The second-order valence-corrected chi connectivity index (χ2v) is 8.11. The Bertz CT molecular complexity index is 895. The number of nitrogens with zero attached hydrogens (tertiary/aromatic N) is 2. The quantitative estimate of drug-likeness (QED) is 0.467. The van der Waals surface area contributed by atoms with E-state index in [1.165, 1.54) is 5.56 Å². The molecule has 1 aliphatic rings. The van der Waals surface area contributed by atoms with Gasteiger partial charge in [0.05, 0.1) is 17.9 Å². The molecule has 26 heavy (non-hydrogen) atoms. The summed E-state index contributed by atoms with van der Waals surface area (Å²) in [6.45, 7) is 4.82. The van der Waals surface area contributed by atoms with E-state index in [1.54, 1.807) is 11.8 Å². The molecule has 3 nitrogen and oxygen atoms in total. The predicted molar refractivity (Wildman–Crippen MR) is 106 cm³/mol. The summed E-state index contributed by atoms with van der Waals surface area (Å²) >= 11 is 1.77. The van der Waals surface area contributed by atoms with Crippen LogP contribution < -0.4 is 0 Å². The first-order chi connectivity index (χ1) is 12.6. The van der Waals surface area contributed by atoms with E-state index in [9.17, 15) is 0 Å². The van der Waals surface area contributed by atoms with Crippen LogP contribution in [0.4, 0.5) is 0 Å². The molecule has 4 rings (SSSR count). The SMILES string of the molecule is CC1(C)Cc2nc(-c3ccccc3)nc(SCc3ccccc3)c2CO1. The Kier molecular flexibility index (Phi) is 4.79. The van der Waals surface area contributed by atoms with Crippen LogP contribution in [-0.2, 0) is 23.5 Å². The Morgan fingerprint density at radius 1 is 0.962 bits per heavy atom. The van der Waals surface area contributed by atoms with Gasteiger partial charge in [0, 0.05) is 23.3 Å². The second-order valence-electron chi connectivity index (χ2n) is 7.14. The van der Waals surface area contributed by atoms with Gasteiger partial charge in [-0.2, -0.15) is 0 Å². The number of ether oxygens (including phenoxy) is 1. The van der Waals surface area contributed by atoms with E-state index in [2.05, 4.69) is 50.2 Å². The average Bonchev–Trinajstić information content (AvgIpc) is 2.66. The Labute approximate surface area is 158 Å². The normalized spacial score (nSPS) is 15.5. The van der Waals surface area contributed by atoms with Gasteiger partial charge in [-0.1, -0.05) is 60.7 Å². The van der Waals surface area contributed by atoms with Crippen molar-refractivity contribution in [2.75, 3.05) is 0 Å². The lowest BCUT2D eigenvalue weighted by Gasteiger charge is -2.32. The highest BCUT2D eigenvalue weighted by molar-refractivity contribution is 7.98. The second kappa shape index (κ2) is 7.22. The third kappa shape index (κ3) is 3.81. The van der Waals surface area contributed by atoms with Crippen molar-refractivity contribution in [1.29, 1.82) is 0 Å². The lowest BCUT2D eigenvalue weighted by atomic mass is 9.96. The molecule has 132 valence electrons. The zero-order chi connectivity index (χ0) is 18.0. The van der Waals surface area contributed by atoms with Crippen LogP contribution in [0.3, 0.4) is 0 Å². The van der Waals surface area contributed by atoms with Gasteiger partial charge < -0.3 is 4.74 Å². The molecule has 4 heteroatoms. The van der Waals surface area contributed by atoms with Crippen LogP contribution in [0.15, 0.2) is 65.7 Å². The van der Waals surface area contributed by atoms with Crippen LogP contribution in [0.2, 0.25) is 0 Å². The molecule has 0 atom stereocenters. The molecule has 0 fully saturated rings. The van der Waals surface area contributed by atoms with Gasteiger partial charge >= 0.3 is 0 Å². The van der Waals surface area contributed by atoms with Crippen molar-refractivity contribution in [3.63, 3.8) is 0 Å². The molecule has 0 radical (unpaired) electrons. The molecule has 2 aromatic carbocycles. The molecule has 0 N–H and O–H groups in total. The van der Waals surface area contributed by atoms with E-state index < -0.39 is 0 Å². The third-order valence-corrected chi connectivity index (χ3v) is 5.59. The Morgan fingerprint density at radius 3 is 2.38 bits per heavy atom. The van der Waals surface area contributed by atoms with Crippen molar-refractivity contribution in [3.05, 3.63) is 77.5 Å². The summed E-state index contributed by atoms with van der Waals surface area (Å²) in [7, 11) is 0. The number of hydrogen-bond acceptors (Lipinski definition) is 4. The molecule has 2 heterocycles. The number of benzene rings is 2. The first-order valence-electron chi connectivity index (χ1n) is 8.87. The standard InChI is InChI=1S/C22H22N2OS/c1-22(2)13-19-18(14-25-22)21(26-15-16-9-5-3-6-10-16)24-20(23-19)17-11-7-4-8-12-17/h3-12H,13-15H2,1-2H3. The van der Waals surface area contributed by atoms with Crippen molar-refractivity contribution in [3.8, 4) is 11.4 Å². The van der Waals surface area contributed by atoms with E-state index in [4.69, 9.17) is 14.7 Å². The number of thioether (sulfide) groups is 1. The van der Waals surface area contributed by atoms with Gasteiger partial charge in [0.25, 0.3) is 0 Å². The van der Waals surface area contributed by atoms with Gasteiger partial charge in [0.15, 0.2) is 5.82 Å². The van der Waals surface area contributed by atoms with Crippen molar-refractivity contribution < 1.29 is 4.74 Å². The highest BCUT2D eigenvalue weighted by atomic mass is 32.2. The van der Waals surface area contributed by atoms with E-state index in [-0.39, 0.29) is 5.60 Å². The van der Waals surface area contributed by atoms with Gasteiger partial charge in [0.2, 0.25) is 0 Å². The molecular formula is C22H22N2OS. The van der Waals surface area contributed by atoms with E-state index in [0.29, 0.717) is 6.61 Å². The lowest BCUT2D eigenvalue weighted by molar-refractivity contribution is -0.0428. The average molecular weight is 362 g/mol. The van der Waals surface area contributed by atoms with Gasteiger partial charge in [0.1, 0.15) is 5.03 Å². The summed E-state index contributed by atoms with van der Waals surface area (Å²) in [5.74, 6) is 1.69. The van der Waals surface area contributed by atoms with Crippen LogP contribution in [-0.4, -0.2) is 15.6 Å². The van der Waals surface area contributed by atoms with Crippen molar-refractivity contribution in [2.24, 2.45) is 0 Å². The van der Waals surface area contributed by atoms with Crippen LogP contribution in [0.1, 0.15) is 30.7 Å². The molecule has 0 saturated heterocycles. The maximum atomic E-state index is 6.04. The first-order valence-corrected chi connectivity index (χ1v) is 9.85. The topological polar surface area (TPSA) is 35.0 Å². The van der Waals surface area contributed by atoms with E-state index in [1.807, 2.05) is 24.3 Å². The van der Waals surface area contributed by atoms with Gasteiger partial charge in [-0.3, -0.25) is 0 Å². The number of aromatic nitrogens is 2. The summed E-state index contributed by atoms with van der Waals surface area (Å²) < 4.78 is 6.04. The lowest BCUT2D eigenvalue weighted by Crippen LogP contribution is -2.33. The van der Waals surface area contributed by atoms with Crippen molar-refractivity contribution in [1.82, 2.24) is 9.97 Å². The van der Waals surface area contributed by atoms with Crippen LogP contribution in [0.5, 0.6) is 0 Å². The van der Waals surface area contributed by atoms with E-state index >= 15 is 0 Å². The number of hydrogen-bond donors (Lipinski definition) is 0. The highest BCUT2D eigenvalue weighted by Gasteiger charge is 2.30. The first kappa shape index (κ1) is 17.3. The molecule has 1 aromatic heterocycles. The maximum absolute atomic E-state index is 6.04. The predicted octanol–water partition coefficient (Wildman–Crippen LogP) is 5.29. The Hall–Kier alpha value is -2.17. The molecular weight excluding hydrogens is 340 g/mol. The smallest absolute Gasteiger partial charge is 0.160 e. The van der Waals surface area contributed by atoms with Gasteiger partial charge in [-0.15, -0.1) is 11.8 Å². The Morgan fingerprint density at radius 2 is 1.65 bits per heavy atom. The molecule has 0 bridgehead atoms. The largest absolute Gasteiger partial charge is 0.370 e. The van der Waals surface area contributed by atoms with Crippen LogP contribution in [0.25, 0.3) is 11.4 Å². The molecule has 1 aliphatic heterocycles. The van der Waals surface area contributed by atoms with Crippen LogP contribution >= 0.6 is 11.8 Å². The summed E-state index contributed by atoms with van der Waals surface area (Å²) in [4.78, 5) is 9.78. The number of rotatable bonds is 4. The minimum Gasteiger partial charge on any atom is -0.370 e. The van der Waals surface area contributed by atoms with E-state index in [0.717, 1.165) is 39.8 Å². The fourth-order valence-electron chi connectivity index (χ4n) is 3.08. The summed E-state index contributed by atoms with van der Waals surface area (Å²) in [5.41, 5.74) is 4.43. The minimum absolute atomic E-state index is 0.184. The van der Waals surface area contributed by atoms with Gasteiger partial charge in [-0.05, 0) is 19.4 Å². The zero-order valence-corrected chi connectivity index (χ0v) is 15.9. The minimum atomic E-state index is -0.184. The van der Waals surface area contributed by atoms with Gasteiger partial charge in [-0.25, -0.2) is 9.97 Å². The zero-order valence-electron chi connectivity index (χ0n) is 15.1. The maximum Gasteiger partial charge on any atom is 0.160 e. The fourth-order valence-corrected chi connectivity index (χ4v) is 4.08. The molecule has 0 amide bonds. The fraction of sp³-hybridized carbons (Fsp3) is 0.273. The molecule has 0 spiro atoms. The third-order valence-electron chi connectivity index (χ3n) is 4.51. The Balaban J connectivity index is 1.71. The van der Waals surface area contributed by atoms with Crippen molar-refractivity contribution in [2.45, 2.75) is 43.3 Å². The molecule has 3 aromatic rings. The molecule has 0 unspecified atom stereocenters. The van der Waals surface area contributed by atoms with Crippen molar-refractivity contribution >= 4 is 11.8 Å². The summed E-state index contributed by atoms with van der Waals surface area (Å²) in [6.07, 6.45) is 0.809. The summed E-state index contributed by atoms with van der Waals surface area (Å²) in [6, 6.07) is 20.7. The highest BCUT2D eigenvalue weighted by Crippen LogP contribution is 2.35.